The number of anilines is 1. The summed E-state index contributed by atoms with van der Waals surface area (Å²) in [5.74, 6) is 0.776. The summed E-state index contributed by atoms with van der Waals surface area (Å²) in [7, 11) is 0. The maximum Gasteiger partial charge on any atom is 0.145 e. The molecule has 0 amide bonds. The van der Waals surface area contributed by atoms with Gasteiger partial charge in [-0.2, -0.15) is 0 Å². The first-order valence-corrected chi connectivity index (χ1v) is 4.68. The second-order valence-electron chi connectivity index (χ2n) is 2.96. The number of benzene rings is 1. The van der Waals surface area contributed by atoms with Gasteiger partial charge < -0.3 is 10.1 Å². The third-order valence-electron chi connectivity index (χ3n) is 1.82. The highest BCUT2D eigenvalue weighted by molar-refractivity contribution is 7.80. The van der Waals surface area contributed by atoms with Gasteiger partial charge >= 0.3 is 0 Å². The van der Waals surface area contributed by atoms with Crippen LogP contribution in [0.2, 0.25) is 5.02 Å². The first kappa shape index (κ1) is 8.78. The van der Waals surface area contributed by atoms with E-state index in [0.29, 0.717) is 16.6 Å². The van der Waals surface area contributed by atoms with E-state index in [1.165, 1.54) is 0 Å². The number of thiocarbonyl (C=S) groups is 1. The number of rotatable bonds is 0. The molecule has 4 heteroatoms. The number of halogens is 1. The lowest BCUT2D eigenvalue weighted by atomic mass is 10.2. The van der Waals surface area contributed by atoms with Gasteiger partial charge in [0.2, 0.25) is 0 Å². The van der Waals surface area contributed by atoms with Crippen LogP contribution in [0.5, 0.6) is 5.75 Å². The van der Waals surface area contributed by atoms with Gasteiger partial charge in [-0.15, -0.1) is 0 Å². The van der Waals surface area contributed by atoms with Gasteiger partial charge in [0.25, 0.3) is 0 Å². The summed E-state index contributed by atoms with van der Waals surface area (Å²) in [6.07, 6.45) is 0. The molecule has 0 bridgehead atoms. The molecule has 1 aliphatic rings. The van der Waals surface area contributed by atoms with Gasteiger partial charge in [-0.05, 0) is 24.6 Å². The highest BCUT2D eigenvalue weighted by Crippen LogP contribution is 2.35. The average Bonchev–Trinajstić information content (AvgIpc) is 2.06. The van der Waals surface area contributed by atoms with Crippen molar-refractivity contribution in [3.05, 3.63) is 22.7 Å². The van der Waals surface area contributed by atoms with E-state index in [0.717, 1.165) is 17.0 Å². The molecule has 0 radical (unpaired) electrons. The van der Waals surface area contributed by atoms with Crippen molar-refractivity contribution < 1.29 is 4.74 Å². The van der Waals surface area contributed by atoms with Crippen molar-refractivity contribution in [3.8, 4) is 5.75 Å². The van der Waals surface area contributed by atoms with Crippen molar-refractivity contribution in [3.63, 3.8) is 0 Å². The third kappa shape index (κ3) is 1.62. The summed E-state index contributed by atoms with van der Waals surface area (Å²) in [5.41, 5.74) is 1.86. The summed E-state index contributed by atoms with van der Waals surface area (Å²) in [6, 6.07) is 3.82. The summed E-state index contributed by atoms with van der Waals surface area (Å²) in [4.78, 5) is 0.665. The smallest absolute Gasteiger partial charge is 0.145 e. The standard InChI is InChI=1S/C9H8ClNOS/c1-5-2-6(10)9-7(3-5)12-4-8(13)11-9/h2-3H,4H2,1H3,(H,11,13). The average molecular weight is 214 g/mol. The predicted molar refractivity (Wildman–Crippen MR) is 57.9 cm³/mol. The fourth-order valence-electron chi connectivity index (χ4n) is 1.26. The van der Waals surface area contributed by atoms with Crippen LogP contribution in [0.15, 0.2) is 12.1 Å². The number of fused-ring (bicyclic) bond motifs is 1. The molecule has 13 heavy (non-hydrogen) atoms. The Morgan fingerprint density at radius 2 is 2.31 bits per heavy atom. The minimum absolute atomic E-state index is 0.433. The van der Waals surface area contributed by atoms with Crippen LogP contribution in [0.3, 0.4) is 0 Å². The fraction of sp³-hybridized carbons (Fsp3) is 0.222. The Bertz CT molecular complexity index is 378. The molecule has 0 unspecified atom stereocenters. The van der Waals surface area contributed by atoms with Crippen molar-refractivity contribution in [1.29, 1.82) is 0 Å². The molecule has 0 atom stereocenters. The van der Waals surface area contributed by atoms with Gasteiger partial charge in [0, 0.05) is 0 Å². The molecule has 0 saturated carbocycles. The molecule has 0 fully saturated rings. The normalized spacial score (nSPS) is 14.5. The summed E-state index contributed by atoms with van der Waals surface area (Å²) < 4.78 is 5.41. The van der Waals surface area contributed by atoms with Crippen LogP contribution < -0.4 is 10.1 Å². The van der Waals surface area contributed by atoms with Crippen LogP contribution in [-0.4, -0.2) is 11.6 Å². The van der Waals surface area contributed by atoms with Crippen molar-refractivity contribution in [2.45, 2.75) is 6.92 Å². The molecule has 2 nitrogen and oxygen atoms in total. The number of aryl methyl sites for hydroxylation is 1. The predicted octanol–water partition coefficient (Wildman–Crippen LogP) is 2.78. The van der Waals surface area contributed by atoms with Crippen LogP contribution in [0, 0.1) is 6.92 Å². The Hall–Kier alpha value is -0.800. The van der Waals surface area contributed by atoms with Crippen LogP contribution in [-0.2, 0) is 0 Å². The number of nitrogens with one attached hydrogen (secondary N) is 1. The van der Waals surface area contributed by atoms with E-state index in [-0.39, 0.29) is 0 Å². The van der Waals surface area contributed by atoms with E-state index in [1.807, 2.05) is 19.1 Å². The monoisotopic (exact) mass is 213 g/mol. The fourth-order valence-corrected chi connectivity index (χ4v) is 1.74. The molecule has 2 rings (SSSR count). The molecule has 0 aromatic heterocycles. The number of hydrogen-bond acceptors (Lipinski definition) is 2. The summed E-state index contributed by atoms with van der Waals surface area (Å²) in [6.45, 7) is 2.41. The van der Waals surface area contributed by atoms with E-state index in [4.69, 9.17) is 28.6 Å². The second kappa shape index (κ2) is 3.16. The van der Waals surface area contributed by atoms with Crippen molar-refractivity contribution >= 4 is 34.5 Å². The molecule has 0 aliphatic carbocycles. The van der Waals surface area contributed by atoms with E-state index < -0.39 is 0 Å². The van der Waals surface area contributed by atoms with E-state index in [2.05, 4.69) is 5.32 Å². The van der Waals surface area contributed by atoms with Gasteiger partial charge in [-0.1, -0.05) is 23.8 Å². The molecule has 0 saturated heterocycles. The van der Waals surface area contributed by atoms with Crippen molar-refractivity contribution in [2.24, 2.45) is 0 Å². The van der Waals surface area contributed by atoms with Gasteiger partial charge in [0.05, 0.1) is 5.02 Å². The second-order valence-corrected chi connectivity index (χ2v) is 3.86. The zero-order valence-electron chi connectivity index (χ0n) is 7.06. The SMILES string of the molecule is Cc1cc(Cl)c2c(c1)OCC(=S)N2. The van der Waals surface area contributed by atoms with Crippen LogP contribution in [0.25, 0.3) is 0 Å². The number of ether oxygens (including phenoxy) is 1. The Kier molecular flexibility index (Phi) is 2.14. The Labute approximate surface area is 86.8 Å². The van der Waals surface area contributed by atoms with E-state index >= 15 is 0 Å². The molecule has 1 aromatic carbocycles. The molecule has 0 spiro atoms. The van der Waals surface area contributed by atoms with Gasteiger partial charge in [0.1, 0.15) is 23.0 Å². The maximum absolute atomic E-state index is 6.01. The Balaban J connectivity index is 2.53. The molecule has 1 heterocycles. The lowest BCUT2D eigenvalue weighted by Gasteiger charge is -2.21. The zero-order valence-corrected chi connectivity index (χ0v) is 8.63. The quantitative estimate of drug-likeness (QED) is 0.670. The van der Waals surface area contributed by atoms with Crippen LogP contribution >= 0.6 is 23.8 Å². The first-order valence-electron chi connectivity index (χ1n) is 3.89. The topological polar surface area (TPSA) is 21.3 Å². The van der Waals surface area contributed by atoms with E-state index in [9.17, 15) is 0 Å². The largest absolute Gasteiger partial charge is 0.484 e. The first-order chi connectivity index (χ1) is 6.16. The highest BCUT2D eigenvalue weighted by atomic mass is 35.5. The van der Waals surface area contributed by atoms with Crippen molar-refractivity contribution in [1.82, 2.24) is 0 Å². The minimum atomic E-state index is 0.433. The minimum Gasteiger partial charge on any atom is -0.484 e. The molecule has 1 aromatic rings. The summed E-state index contributed by atoms with van der Waals surface area (Å²) >= 11 is 11.0. The molecular formula is C9H8ClNOS. The maximum atomic E-state index is 6.01. The molecule has 68 valence electrons. The zero-order chi connectivity index (χ0) is 9.42. The summed E-state index contributed by atoms with van der Waals surface area (Å²) in [5, 5.41) is 3.68. The van der Waals surface area contributed by atoms with Gasteiger partial charge in [-0.25, -0.2) is 0 Å². The number of hydrogen-bond donors (Lipinski definition) is 1. The van der Waals surface area contributed by atoms with Crippen LogP contribution in [0.4, 0.5) is 5.69 Å². The van der Waals surface area contributed by atoms with Gasteiger partial charge in [0.15, 0.2) is 0 Å². The Morgan fingerprint density at radius 3 is 3.08 bits per heavy atom. The van der Waals surface area contributed by atoms with Crippen molar-refractivity contribution in [2.75, 3.05) is 11.9 Å². The molecular weight excluding hydrogens is 206 g/mol. The molecule has 1 aliphatic heterocycles. The Morgan fingerprint density at radius 1 is 1.54 bits per heavy atom. The third-order valence-corrected chi connectivity index (χ3v) is 2.34. The highest BCUT2D eigenvalue weighted by Gasteiger charge is 2.16. The van der Waals surface area contributed by atoms with E-state index in [1.54, 1.807) is 0 Å². The lowest BCUT2D eigenvalue weighted by molar-refractivity contribution is 0.375. The van der Waals surface area contributed by atoms with Crippen LogP contribution in [0.1, 0.15) is 5.56 Å². The molecule has 1 N–H and O–H groups in total. The lowest BCUT2D eigenvalue weighted by Crippen LogP contribution is -2.23. The van der Waals surface area contributed by atoms with Gasteiger partial charge in [-0.3, -0.25) is 0 Å².